The van der Waals surface area contributed by atoms with E-state index in [0.717, 1.165) is 25.7 Å². The molecule has 128 valence electrons. The first-order valence-electron chi connectivity index (χ1n) is 7.67. The molecule has 0 spiro atoms. The summed E-state index contributed by atoms with van der Waals surface area (Å²) in [4.78, 5) is 11.7. The molecule has 1 aromatic carbocycles. The summed E-state index contributed by atoms with van der Waals surface area (Å²) in [5.74, 6) is -0.420. The van der Waals surface area contributed by atoms with E-state index in [2.05, 4.69) is 43.8 Å². The lowest BCUT2D eigenvalue weighted by atomic mass is 10.1. The first-order valence-corrected chi connectivity index (χ1v) is 9.26. The molecular weight excluding hydrogens is 437 g/mol. The first-order chi connectivity index (χ1) is 11.3. The van der Waals surface area contributed by atoms with Gasteiger partial charge in [0.2, 0.25) is 5.91 Å². The Kier molecular flexibility index (Phi) is 6.58. The van der Waals surface area contributed by atoms with Crippen LogP contribution in [0.15, 0.2) is 63.1 Å². The number of benzene rings is 1. The molecule has 1 amide bonds. The number of carbonyl (C=O) groups is 1. The van der Waals surface area contributed by atoms with Gasteiger partial charge in [0.05, 0.1) is 0 Å². The van der Waals surface area contributed by atoms with Crippen molar-refractivity contribution >= 4 is 37.8 Å². The maximum atomic E-state index is 14.1. The van der Waals surface area contributed by atoms with Crippen LogP contribution in [0.3, 0.4) is 0 Å². The van der Waals surface area contributed by atoms with E-state index in [1.165, 1.54) is 6.08 Å². The Bertz CT molecular complexity index is 711. The molecular formula is C19H20Br2FNO. The van der Waals surface area contributed by atoms with Crippen LogP contribution >= 0.6 is 31.9 Å². The third-order valence-electron chi connectivity index (χ3n) is 3.82. The zero-order chi connectivity index (χ0) is 17.9. The third kappa shape index (κ3) is 5.15. The fourth-order valence-electron chi connectivity index (χ4n) is 2.45. The Morgan fingerprint density at radius 2 is 2.04 bits per heavy atom. The Morgan fingerprint density at radius 3 is 2.67 bits per heavy atom. The highest BCUT2D eigenvalue weighted by molar-refractivity contribution is 9.13. The predicted octanol–water partition coefficient (Wildman–Crippen LogP) is 5.46. The lowest BCUT2D eigenvalue weighted by Gasteiger charge is -2.01. The summed E-state index contributed by atoms with van der Waals surface area (Å²) < 4.78 is 16.0. The van der Waals surface area contributed by atoms with Gasteiger partial charge in [0.25, 0.3) is 0 Å². The van der Waals surface area contributed by atoms with E-state index in [1.54, 1.807) is 0 Å². The molecule has 1 aliphatic carbocycles. The molecule has 1 aliphatic rings. The van der Waals surface area contributed by atoms with Crippen LogP contribution < -0.4 is 5.32 Å². The van der Waals surface area contributed by atoms with Crippen LogP contribution in [0.4, 0.5) is 4.39 Å². The van der Waals surface area contributed by atoms with Crippen LogP contribution in [0, 0.1) is 5.92 Å². The van der Waals surface area contributed by atoms with E-state index >= 15 is 0 Å². The summed E-state index contributed by atoms with van der Waals surface area (Å²) >= 11 is 6.87. The van der Waals surface area contributed by atoms with Crippen molar-refractivity contribution < 1.29 is 9.18 Å². The van der Waals surface area contributed by atoms with Gasteiger partial charge in [0.1, 0.15) is 6.17 Å². The Morgan fingerprint density at radius 1 is 1.33 bits per heavy atom. The fourth-order valence-corrected chi connectivity index (χ4v) is 3.10. The smallest absolute Gasteiger partial charge is 0.244 e. The molecule has 1 N–H and O–H groups in total. The van der Waals surface area contributed by atoms with Crippen LogP contribution in [0.5, 0.6) is 0 Å². The second-order valence-electron chi connectivity index (χ2n) is 6.14. The average molecular weight is 457 g/mol. The summed E-state index contributed by atoms with van der Waals surface area (Å²) in [7, 11) is 0. The number of allylic oxidation sites excluding steroid dienone is 3. The van der Waals surface area contributed by atoms with Gasteiger partial charge in [-0.3, -0.25) is 4.79 Å². The van der Waals surface area contributed by atoms with Crippen LogP contribution in [-0.2, 0) is 4.79 Å². The number of carbonyl (C=O) groups excluding carboxylic acids is 1. The lowest BCUT2D eigenvalue weighted by molar-refractivity contribution is -0.116. The summed E-state index contributed by atoms with van der Waals surface area (Å²) in [6.07, 6.45) is 4.30. The highest BCUT2D eigenvalue weighted by Gasteiger charge is 2.50. The van der Waals surface area contributed by atoms with E-state index in [-0.39, 0.29) is 17.7 Å². The van der Waals surface area contributed by atoms with Crippen molar-refractivity contribution in [1.29, 1.82) is 0 Å². The predicted molar refractivity (Wildman–Crippen MR) is 104 cm³/mol. The summed E-state index contributed by atoms with van der Waals surface area (Å²) in [6, 6.07) is 5.80. The van der Waals surface area contributed by atoms with Crippen LogP contribution in [0.2, 0.25) is 0 Å². The minimum absolute atomic E-state index is 0.115. The van der Waals surface area contributed by atoms with Crippen molar-refractivity contribution in [3.05, 3.63) is 68.7 Å². The highest BCUT2D eigenvalue weighted by atomic mass is 79.9. The normalized spacial score (nSPS) is 23.4. The number of hydrogen-bond donors (Lipinski definition) is 1. The molecule has 0 saturated heterocycles. The monoisotopic (exact) mass is 455 g/mol. The third-order valence-corrected chi connectivity index (χ3v) is 5.70. The molecule has 0 heterocycles. The standard InChI is InChI=1S/C19H20Br2FNO/c1-11(2)10-23-17(24)8-12(3)4-6-14-18(19(14)22)13-5-7-15(20)16(21)9-13/h4-9,14,18-19H,1,10H2,2-3H3,(H,23,24)/b6-4+,12-8+/t14?,18-,19-/m1/s1. The zero-order valence-corrected chi connectivity index (χ0v) is 16.8. The van der Waals surface area contributed by atoms with E-state index in [1.807, 2.05) is 44.2 Å². The zero-order valence-electron chi connectivity index (χ0n) is 13.7. The van der Waals surface area contributed by atoms with Gasteiger partial charge in [-0.15, -0.1) is 0 Å². The van der Waals surface area contributed by atoms with E-state index in [0.29, 0.717) is 6.54 Å². The number of halogens is 3. The van der Waals surface area contributed by atoms with Crippen LogP contribution in [-0.4, -0.2) is 18.6 Å². The lowest BCUT2D eigenvalue weighted by Crippen LogP contribution is -2.22. The molecule has 1 unspecified atom stereocenters. The Labute approximate surface area is 159 Å². The van der Waals surface area contributed by atoms with Crippen molar-refractivity contribution in [3.63, 3.8) is 0 Å². The van der Waals surface area contributed by atoms with Crippen molar-refractivity contribution in [1.82, 2.24) is 5.32 Å². The molecule has 1 fully saturated rings. The van der Waals surface area contributed by atoms with Gasteiger partial charge >= 0.3 is 0 Å². The molecule has 2 rings (SSSR count). The molecule has 5 heteroatoms. The number of amides is 1. The Balaban J connectivity index is 1.96. The van der Waals surface area contributed by atoms with E-state index in [9.17, 15) is 9.18 Å². The maximum absolute atomic E-state index is 14.1. The molecule has 3 atom stereocenters. The van der Waals surface area contributed by atoms with Gasteiger partial charge in [0, 0.05) is 33.4 Å². The van der Waals surface area contributed by atoms with Gasteiger partial charge in [-0.05, 0) is 69.0 Å². The topological polar surface area (TPSA) is 29.1 Å². The maximum Gasteiger partial charge on any atom is 0.244 e. The molecule has 0 aromatic heterocycles. The summed E-state index contributed by atoms with van der Waals surface area (Å²) in [5, 5.41) is 2.74. The van der Waals surface area contributed by atoms with Crippen molar-refractivity contribution in [2.75, 3.05) is 6.54 Å². The molecule has 0 bridgehead atoms. The number of hydrogen-bond acceptors (Lipinski definition) is 1. The van der Waals surface area contributed by atoms with Crippen LogP contribution in [0.25, 0.3) is 0 Å². The highest BCUT2D eigenvalue weighted by Crippen LogP contribution is 2.52. The van der Waals surface area contributed by atoms with Crippen molar-refractivity contribution in [3.8, 4) is 0 Å². The SMILES string of the molecule is C=C(C)CNC(=O)/C=C(C)/C=C/C1[C@@H](F)[C@@H]1c1ccc(Br)c(Br)c1. The van der Waals surface area contributed by atoms with Gasteiger partial charge in [0.15, 0.2) is 0 Å². The molecule has 1 saturated carbocycles. The molecule has 24 heavy (non-hydrogen) atoms. The fraction of sp³-hybridized carbons (Fsp3) is 0.316. The molecule has 0 radical (unpaired) electrons. The van der Waals surface area contributed by atoms with Gasteiger partial charge < -0.3 is 5.32 Å². The van der Waals surface area contributed by atoms with Crippen LogP contribution in [0.1, 0.15) is 25.3 Å². The minimum atomic E-state index is -0.876. The molecule has 0 aliphatic heterocycles. The second-order valence-corrected chi connectivity index (χ2v) is 7.85. The first kappa shape index (κ1) is 19.1. The average Bonchev–Trinajstić information content (AvgIpc) is 3.16. The van der Waals surface area contributed by atoms with E-state index in [4.69, 9.17) is 0 Å². The minimum Gasteiger partial charge on any atom is -0.349 e. The quantitative estimate of drug-likeness (QED) is 0.343. The van der Waals surface area contributed by atoms with Gasteiger partial charge in [-0.1, -0.05) is 30.4 Å². The molecule has 2 nitrogen and oxygen atoms in total. The van der Waals surface area contributed by atoms with E-state index < -0.39 is 6.17 Å². The second kappa shape index (κ2) is 8.26. The summed E-state index contributed by atoms with van der Waals surface area (Å²) in [5.41, 5.74) is 2.67. The number of nitrogens with one attached hydrogen (secondary N) is 1. The van der Waals surface area contributed by atoms with Crippen molar-refractivity contribution in [2.24, 2.45) is 5.92 Å². The summed E-state index contributed by atoms with van der Waals surface area (Å²) in [6.45, 7) is 7.88. The Hall–Kier alpha value is -1.20. The number of alkyl halides is 1. The largest absolute Gasteiger partial charge is 0.349 e. The van der Waals surface area contributed by atoms with Gasteiger partial charge in [-0.2, -0.15) is 0 Å². The number of rotatable bonds is 6. The molecule has 1 aromatic rings. The van der Waals surface area contributed by atoms with Gasteiger partial charge in [-0.25, -0.2) is 4.39 Å². The van der Waals surface area contributed by atoms with Crippen molar-refractivity contribution in [2.45, 2.75) is 25.9 Å².